The Morgan fingerprint density at radius 2 is 2.32 bits per heavy atom. The van der Waals surface area contributed by atoms with Crippen LogP contribution in [-0.4, -0.2) is 48.1 Å². The Morgan fingerprint density at radius 1 is 1.47 bits per heavy atom. The molecule has 2 rings (SSSR count). The van der Waals surface area contributed by atoms with Gasteiger partial charge in [0.15, 0.2) is 0 Å². The van der Waals surface area contributed by atoms with Crippen LogP contribution < -0.4 is 5.32 Å². The molecule has 0 saturated carbocycles. The number of amides is 2. The quantitative estimate of drug-likeness (QED) is 0.674. The number of piperazine rings is 1. The summed E-state index contributed by atoms with van der Waals surface area (Å²) >= 11 is 0. The number of nitrogens with zero attached hydrogens (tertiary/aromatic N) is 1. The molecule has 2 N–H and O–H groups in total. The zero-order chi connectivity index (χ0) is 13.7. The summed E-state index contributed by atoms with van der Waals surface area (Å²) in [7, 11) is 0. The second kappa shape index (κ2) is 6.03. The largest absolute Gasteiger partial charge is 0.384 e. The smallest absolute Gasteiger partial charge is 0.254 e. The normalized spacial score (nSPS) is 14.4. The first-order valence-corrected chi connectivity index (χ1v) is 5.96. The third-order valence-electron chi connectivity index (χ3n) is 2.75. The Morgan fingerprint density at radius 3 is 3.05 bits per heavy atom. The van der Waals surface area contributed by atoms with Crippen molar-refractivity contribution >= 4 is 11.8 Å². The van der Waals surface area contributed by atoms with E-state index in [4.69, 9.17) is 5.11 Å². The molecule has 1 aromatic rings. The van der Waals surface area contributed by atoms with Crippen LogP contribution in [0.3, 0.4) is 0 Å². The minimum atomic E-state index is -0.218. The van der Waals surface area contributed by atoms with E-state index < -0.39 is 0 Å². The van der Waals surface area contributed by atoms with Gasteiger partial charge >= 0.3 is 0 Å². The van der Waals surface area contributed by atoms with Gasteiger partial charge in [0.2, 0.25) is 5.91 Å². The fourth-order valence-electron chi connectivity index (χ4n) is 1.87. The minimum absolute atomic E-state index is 0.0887. The van der Waals surface area contributed by atoms with Crippen molar-refractivity contribution in [3.8, 4) is 11.8 Å². The number of carbonyl (C=O) groups is 2. The van der Waals surface area contributed by atoms with Gasteiger partial charge in [0.1, 0.15) is 6.61 Å². The van der Waals surface area contributed by atoms with Crippen molar-refractivity contribution in [2.24, 2.45) is 0 Å². The molecule has 0 spiro atoms. The van der Waals surface area contributed by atoms with Crippen molar-refractivity contribution in [1.82, 2.24) is 10.2 Å². The van der Waals surface area contributed by atoms with E-state index in [1.807, 2.05) is 0 Å². The molecule has 0 atom stereocenters. The van der Waals surface area contributed by atoms with Gasteiger partial charge in [-0.25, -0.2) is 0 Å². The second-order valence-electron chi connectivity index (χ2n) is 4.12. The van der Waals surface area contributed by atoms with Crippen LogP contribution in [0.15, 0.2) is 24.3 Å². The molecule has 0 aliphatic carbocycles. The molecule has 1 heterocycles. The average molecular weight is 258 g/mol. The number of carbonyl (C=O) groups excluding carboxylic acids is 2. The maximum atomic E-state index is 12.2. The Kier molecular flexibility index (Phi) is 4.16. The van der Waals surface area contributed by atoms with Crippen LogP contribution >= 0.6 is 0 Å². The highest BCUT2D eigenvalue weighted by Gasteiger charge is 2.22. The van der Waals surface area contributed by atoms with Crippen molar-refractivity contribution in [3.63, 3.8) is 0 Å². The molecule has 0 bridgehead atoms. The molecule has 0 aromatic heterocycles. The topological polar surface area (TPSA) is 69.6 Å². The number of rotatable bonds is 1. The molecule has 1 saturated heterocycles. The van der Waals surface area contributed by atoms with Crippen molar-refractivity contribution in [2.75, 3.05) is 26.2 Å². The number of nitrogens with one attached hydrogen (secondary N) is 1. The van der Waals surface area contributed by atoms with Gasteiger partial charge in [-0.15, -0.1) is 0 Å². The molecule has 1 aliphatic rings. The third kappa shape index (κ3) is 3.33. The predicted octanol–water partition coefficient (Wildman–Crippen LogP) is -0.398. The molecule has 5 heteroatoms. The highest BCUT2D eigenvalue weighted by Crippen LogP contribution is 2.09. The first-order chi connectivity index (χ1) is 9.20. The summed E-state index contributed by atoms with van der Waals surface area (Å²) in [5.41, 5.74) is 1.17. The molecule has 98 valence electrons. The van der Waals surface area contributed by atoms with Crippen LogP contribution in [0.5, 0.6) is 0 Å². The molecule has 0 radical (unpaired) electrons. The molecule has 0 unspecified atom stereocenters. The van der Waals surface area contributed by atoms with Crippen LogP contribution in [0.2, 0.25) is 0 Å². The van der Waals surface area contributed by atoms with Crippen LogP contribution in [0.1, 0.15) is 15.9 Å². The van der Waals surface area contributed by atoms with Gasteiger partial charge in [-0.2, -0.15) is 0 Å². The number of hydrogen-bond donors (Lipinski definition) is 2. The fourth-order valence-corrected chi connectivity index (χ4v) is 1.87. The summed E-state index contributed by atoms with van der Waals surface area (Å²) in [6.07, 6.45) is 0. The van der Waals surface area contributed by atoms with Crippen LogP contribution in [0.4, 0.5) is 0 Å². The van der Waals surface area contributed by atoms with E-state index in [-0.39, 0.29) is 25.0 Å². The minimum Gasteiger partial charge on any atom is -0.384 e. The Hall–Kier alpha value is -2.32. The Balaban J connectivity index is 2.16. The van der Waals surface area contributed by atoms with E-state index in [2.05, 4.69) is 17.2 Å². The van der Waals surface area contributed by atoms with Gasteiger partial charge < -0.3 is 15.3 Å². The first-order valence-electron chi connectivity index (χ1n) is 5.96. The number of hydrogen-bond acceptors (Lipinski definition) is 3. The summed E-state index contributed by atoms with van der Waals surface area (Å²) in [5, 5.41) is 11.3. The standard InChI is InChI=1S/C14H14N2O3/c17-8-2-4-11-3-1-5-12(9-11)14(19)16-7-6-15-13(18)10-16/h1,3,5,9,17H,6-8,10H2,(H,15,18). The lowest BCUT2D eigenvalue weighted by Crippen LogP contribution is -2.49. The summed E-state index contributed by atoms with van der Waals surface area (Å²) in [6.45, 7) is 0.863. The lowest BCUT2D eigenvalue weighted by molar-refractivity contribution is -0.123. The molecule has 1 aromatic carbocycles. The molecular weight excluding hydrogens is 244 g/mol. The lowest BCUT2D eigenvalue weighted by atomic mass is 10.1. The Labute approximate surface area is 111 Å². The summed E-state index contributed by atoms with van der Waals surface area (Å²) in [5.74, 6) is 4.96. The number of aliphatic hydroxyl groups is 1. The van der Waals surface area contributed by atoms with E-state index in [0.717, 1.165) is 0 Å². The number of benzene rings is 1. The molecule has 1 fully saturated rings. The van der Waals surface area contributed by atoms with Gasteiger partial charge in [0.05, 0.1) is 6.54 Å². The highest BCUT2D eigenvalue weighted by molar-refractivity contribution is 5.97. The van der Waals surface area contributed by atoms with E-state index in [9.17, 15) is 9.59 Å². The van der Waals surface area contributed by atoms with E-state index in [1.54, 1.807) is 24.3 Å². The SMILES string of the molecule is O=C1CN(C(=O)c2cccc(C#CCO)c2)CCN1. The van der Waals surface area contributed by atoms with Crippen LogP contribution in [0, 0.1) is 11.8 Å². The molecule has 5 nitrogen and oxygen atoms in total. The van der Waals surface area contributed by atoms with E-state index in [1.165, 1.54) is 4.90 Å². The zero-order valence-corrected chi connectivity index (χ0v) is 10.3. The first kappa shape index (κ1) is 13.1. The van der Waals surface area contributed by atoms with Crippen molar-refractivity contribution in [1.29, 1.82) is 0 Å². The molecule has 2 amide bonds. The van der Waals surface area contributed by atoms with Crippen molar-refractivity contribution < 1.29 is 14.7 Å². The Bertz CT molecular complexity index is 557. The lowest BCUT2D eigenvalue weighted by Gasteiger charge is -2.26. The van der Waals surface area contributed by atoms with Gasteiger partial charge in [-0.1, -0.05) is 17.9 Å². The third-order valence-corrected chi connectivity index (χ3v) is 2.75. The van der Waals surface area contributed by atoms with Gasteiger partial charge in [0, 0.05) is 24.2 Å². The summed E-state index contributed by atoms with van der Waals surface area (Å²) in [6, 6.07) is 6.86. The summed E-state index contributed by atoms with van der Waals surface area (Å²) in [4.78, 5) is 25.0. The second-order valence-corrected chi connectivity index (χ2v) is 4.12. The van der Waals surface area contributed by atoms with Gasteiger partial charge in [0.25, 0.3) is 5.91 Å². The average Bonchev–Trinajstić information content (AvgIpc) is 2.44. The van der Waals surface area contributed by atoms with Crippen molar-refractivity contribution in [2.45, 2.75) is 0 Å². The molecular formula is C14H14N2O3. The van der Waals surface area contributed by atoms with E-state index in [0.29, 0.717) is 24.2 Å². The maximum Gasteiger partial charge on any atom is 0.254 e. The molecule has 19 heavy (non-hydrogen) atoms. The maximum absolute atomic E-state index is 12.2. The molecule has 1 aliphatic heterocycles. The van der Waals surface area contributed by atoms with Crippen molar-refractivity contribution in [3.05, 3.63) is 35.4 Å². The monoisotopic (exact) mass is 258 g/mol. The van der Waals surface area contributed by atoms with E-state index >= 15 is 0 Å². The van der Waals surface area contributed by atoms with Gasteiger partial charge in [-0.3, -0.25) is 9.59 Å². The number of aliphatic hydroxyl groups excluding tert-OH is 1. The predicted molar refractivity (Wildman–Crippen MR) is 69.3 cm³/mol. The van der Waals surface area contributed by atoms with Gasteiger partial charge in [-0.05, 0) is 18.2 Å². The van der Waals surface area contributed by atoms with Crippen LogP contribution in [-0.2, 0) is 4.79 Å². The fraction of sp³-hybridized carbons (Fsp3) is 0.286. The highest BCUT2D eigenvalue weighted by atomic mass is 16.2. The summed E-state index contributed by atoms with van der Waals surface area (Å²) < 4.78 is 0. The van der Waals surface area contributed by atoms with Crippen LogP contribution in [0.25, 0.3) is 0 Å². The zero-order valence-electron chi connectivity index (χ0n) is 10.3.